The highest BCUT2D eigenvalue weighted by molar-refractivity contribution is 7.89. The average molecular weight is 318 g/mol. The van der Waals surface area contributed by atoms with Crippen LogP contribution in [0.4, 0.5) is 0 Å². The van der Waals surface area contributed by atoms with Crippen LogP contribution in [0.5, 0.6) is 0 Å². The lowest BCUT2D eigenvalue weighted by Crippen LogP contribution is -2.41. The molecule has 2 rings (SSSR count). The minimum absolute atomic E-state index is 0.302. The molecule has 0 radical (unpaired) electrons. The van der Waals surface area contributed by atoms with Gasteiger partial charge in [0.25, 0.3) is 0 Å². The molecule has 1 unspecified atom stereocenters. The van der Waals surface area contributed by atoms with Crippen molar-refractivity contribution < 1.29 is 4.55 Å². The second-order valence-electron chi connectivity index (χ2n) is 7.28. The third-order valence-corrected chi connectivity index (χ3v) is 5.97. The molecule has 22 heavy (non-hydrogen) atoms. The van der Waals surface area contributed by atoms with Gasteiger partial charge < -0.3 is 4.55 Å². The summed E-state index contributed by atoms with van der Waals surface area (Å²) in [5.41, 5.74) is 0.341. The summed E-state index contributed by atoms with van der Waals surface area (Å²) in [4.78, 5) is 0.728. The van der Waals surface area contributed by atoms with E-state index in [-0.39, 0.29) is 6.04 Å². The zero-order valence-corrected chi connectivity index (χ0v) is 14.5. The smallest absolute Gasteiger partial charge is 0.173 e. The number of hydrogen-bond donors (Lipinski definition) is 1. The van der Waals surface area contributed by atoms with Crippen molar-refractivity contribution in [2.24, 2.45) is 17.3 Å². The summed E-state index contributed by atoms with van der Waals surface area (Å²) in [5, 5.41) is 9.45. The standard InChI is InChI=1S/C18H26N2OS/c1-18(2,3)15-11-9-14(10-12-15)17(13-19)20-22(21)16-7-5-4-6-8-16/h4-8,14-15,17,20H,9-12H2,1-3H3/t14-,15-,17-,22?/m1/s1. The molecule has 1 aliphatic carbocycles. The molecule has 1 saturated carbocycles. The highest BCUT2D eigenvalue weighted by atomic mass is 32.2. The number of hydrogen-bond acceptors (Lipinski definition) is 3. The normalized spacial score (nSPS) is 25.2. The van der Waals surface area contributed by atoms with Gasteiger partial charge in [-0.2, -0.15) is 5.26 Å². The molecule has 0 aromatic heterocycles. The molecule has 0 bridgehead atoms. The maximum absolute atomic E-state index is 12.3. The summed E-state index contributed by atoms with van der Waals surface area (Å²) in [6.07, 6.45) is 4.40. The molecule has 120 valence electrons. The van der Waals surface area contributed by atoms with Crippen molar-refractivity contribution in [1.82, 2.24) is 4.72 Å². The van der Waals surface area contributed by atoms with E-state index < -0.39 is 11.4 Å². The molecule has 2 atom stereocenters. The third kappa shape index (κ3) is 4.49. The molecule has 0 heterocycles. The fourth-order valence-electron chi connectivity index (χ4n) is 3.27. The highest BCUT2D eigenvalue weighted by Gasteiger charge is 2.34. The summed E-state index contributed by atoms with van der Waals surface area (Å²) >= 11 is -1.31. The average Bonchev–Trinajstić information content (AvgIpc) is 2.52. The molecule has 0 spiro atoms. The van der Waals surface area contributed by atoms with E-state index in [4.69, 9.17) is 0 Å². The van der Waals surface area contributed by atoms with E-state index in [0.29, 0.717) is 11.3 Å². The Hall–Kier alpha value is -1.02. The SMILES string of the molecule is CC(C)(C)[C@H]1CC[C@H]([C@@H](C#N)N[S+]([O-])c2ccccc2)CC1. The van der Waals surface area contributed by atoms with Gasteiger partial charge in [-0.05, 0) is 55.1 Å². The minimum Gasteiger partial charge on any atom is -0.593 e. The van der Waals surface area contributed by atoms with E-state index in [1.807, 2.05) is 30.3 Å². The van der Waals surface area contributed by atoms with Crippen LogP contribution in [0, 0.1) is 28.6 Å². The summed E-state index contributed by atoms with van der Waals surface area (Å²) in [6, 6.07) is 11.3. The van der Waals surface area contributed by atoms with E-state index in [0.717, 1.165) is 36.5 Å². The molecule has 1 aliphatic rings. The second-order valence-corrected chi connectivity index (χ2v) is 8.53. The first-order valence-electron chi connectivity index (χ1n) is 8.04. The summed E-state index contributed by atoms with van der Waals surface area (Å²) in [5.74, 6) is 1.03. The summed E-state index contributed by atoms with van der Waals surface area (Å²) < 4.78 is 15.3. The van der Waals surface area contributed by atoms with Crippen LogP contribution < -0.4 is 4.72 Å². The minimum atomic E-state index is -1.31. The molecule has 1 N–H and O–H groups in total. The molecule has 1 aromatic carbocycles. The fraction of sp³-hybridized carbons (Fsp3) is 0.611. The zero-order valence-electron chi connectivity index (χ0n) is 13.7. The van der Waals surface area contributed by atoms with Crippen molar-refractivity contribution in [2.75, 3.05) is 0 Å². The summed E-state index contributed by atoms with van der Waals surface area (Å²) in [6.45, 7) is 6.88. The Balaban J connectivity index is 1.92. The first kappa shape index (κ1) is 17.3. The van der Waals surface area contributed by atoms with Gasteiger partial charge in [0.05, 0.1) is 17.4 Å². The Morgan fingerprint density at radius 1 is 1.18 bits per heavy atom. The Labute approximate surface area is 137 Å². The lowest BCUT2D eigenvalue weighted by Gasteiger charge is -2.38. The molecular formula is C18H26N2OS. The quantitative estimate of drug-likeness (QED) is 0.852. The third-order valence-electron chi connectivity index (χ3n) is 4.80. The van der Waals surface area contributed by atoms with Crippen LogP contribution in [0.2, 0.25) is 0 Å². The van der Waals surface area contributed by atoms with E-state index in [2.05, 4.69) is 31.6 Å². The predicted molar refractivity (Wildman–Crippen MR) is 90.3 cm³/mol. The molecule has 1 aromatic rings. The van der Waals surface area contributed by atoms with Gasteiger partial charge >= 0.3 is 0 Å². The molecule has 0 amide bonds. The Morgan fingerprint density at radius 3 is 2.27 bits per heavy atom. The van der Waals surface area contributed by atoms with Crippen molar-refractivity contribution in [3.8, 4) is 6.07 Å². The van der Waals surface area contributed by atoms with E-state index in [1.54, 1.807) is 0 Å². The monoisotopic (exact) mass is 318 g/mol. The fourth-order valence-corrected chi connectivity index (χ4v) is 4.29. The first-order valence-corrected chi connectivity index (χ1v) is 9.19. The van der Waals surface area contributed by atoms with Crippen LogP contribution in [0.3, 0.4) is 0 Å². The number of nitriles is 1. The molecule has 0 aliphatic heterocycles. The number of nitrogens with zero attached hydrogens (tertiary/aromatic N) is 1. The van der Waals surface area contributed by atoms with Crippen molar-refractivity contribution in [1.29, 1.82) is 5.26 Å². The highest BCUT2D eigenvalue weighted by Crippen LogP contribution is 2.40. The van der Waals surface area contributed by atoms with Gasteiger partial charge in [-0.1, -0.05) is 39.0 Å². The molecular weight excluding hydrogens is 292 g/mol. The van der Waals surface area contributed by atoms with Crippen LogP contribution in [0.25, 0.3) is 0 Å². The van der Waals surface area contributed by atoms with Gasteiger partial charge in [0.1, 0.15) is 6.04 Å². The van der Waals surface area contributed by atoms with E-state index in [9.17, 15) is 9.81 Å². The summed E-state index contributed by atoms with van der Waals surface area (Å²) in [7, 11) is 0. The van der Waals surface area contributed by atoms with Gasteiger partial charge in [-0.25, -0.2) is 0 Å². The van der Waals surface area contributed by atoms with Crippen LogP contribution in [-0.2, 0) is 11.4 Å². The predicted octanol–water partition coefficient (Wildman–Crippen LogP) is 4.04. The number of rotatable bonds is 4. The number of benzene rings is 1. The number of nitrogens with one attached hydrogen (secondary N) is 1. The topological polar surface area (TPSA) is 58.9 Å². The van der Waals surface area contributed by atoms with Crippen molar-refractivity contribution in [3.63, 3.8) is 0 Å². The zero-order chi connectivity index (χ0) is 16.2. The lowest BCUT2D eigenvalue weighted by atomic mass is 9.69. The van der Waals surface area contributed by atoms with Crippen LogP contribution in [0.15, 0.2) is 35.2 Å². The Bertz CT molecular complexity index is 498. The van der Waals surface area contributed by atoms with Gasteiger partial charge in [-0.15, -0.1) is 4.72 Å². The van der Waals surface area contributed by atoms with Crippen LogP contribution >= 0.6 is 0 Å². The van der Waals surface area contributed by atoms with Gasteiger partial charge in [0, 0.05) is 0 Å². The van der Waals surface area contributed by atoms with Crippen molar-refractivity contribution in [3.05, 3.63) is 30.3 Å². The van der Waals surface area contributed by atoms with Crippen LogP contribution in [-0.4, -0.2) is 10.6 Å². The molecule has 3 nitrogen and oxygen atoms in total. The molecule has 1 fully saturated rings. The maximum atomic E-state index is 12.3. The molecule has 0 saturated heterocycles. The van der Waals surface area contributed by atoms with E-state index >= 15 is 0 Å². The van der Waals surface area contributed by atoms with Gasteiger partial charge in [-0.3, -0.25) is 0 Å². The van der Waals surface area contributed by atoms with Crippen molar-refractivity contribution in [2.45, 2.75) is 57.4 Å². The van der Waals surface area contributed by atoms with Gasteiger partial charge in [0.2, 0.25) is 0 Å². The maximum Gasteiger partial charge on any atom is 0.173 e. The Kier molecular flexibility index (Phi) is 5.91. The second kappa shape index (κ2) is 7.50. The largest absolute Gasteiger partial charge is 0.593 e. The van der Waals surface area contributed by atoms with Crippen molar-refractivity contribution >= 4 is 11.4 Å². The first-order chi connectivity index (χ1) is 10.4. The van der Waals surface area contributed by atoms with Gasteiger partial charge in [0.15, 0.2) is 4.90 Å². The van der Waals surface area contributed by atoms with E-state index in [1.165, 1.54) is 0 Å². The lowest BCUT2D eigenvalue weighted by molar-refractivity contribution is 0.144. The van der Waals surface area contributed by atoms with Crippen LogP contribution in [0.1, 0.15) is 46.5 Å². The molecule has 4 heteroatoms. The Morgan fingerprint density at radius 2 is 1.77 bits per heavy atom.